The van der Waals surface area contributed by atoms with E-state index in [1.54, 1.807) is 9.80 Å². The van der Waals surface area contributed by atoms with Gasteiger partial charge in [-0.2, -0.15) is 0 Å². The van der Waals surface area contributed by atoms with Gasteiger partial charge >= 0.3 is 0 Å². The Morgan fingerprint density at radius 3 is 1.96 bits per heavy atom. The lowest BCUT2D eigenvalue weighted by molar-refractivity contribution is -0.141. The minimum absolute atomic E-state index is 0.00603. The maximum Gasteiger partial charge on any atom is 0.247 e. The molecule has 3 saturated heterocycles. The number of hydrogen-bond donors (Lipinski definition) is 3. The molecule has 10 nitrogen and oxygen atoms in total. The summed E-state index contributed by atoms with van der Waals surface area (Å²) in [6, 6.07) is 33.7. The van der Waals surface area contributed by atoms with Crippen molar-refractivity contribution >= 4 is 45.9 Å². The van der Waals surface area contributed by atoms with Crippen molar-refractivity contribution in [2.75, 3.05) is 36.8 Å². The number of nitrogens with one attached hydrogen (secondary N) is 3. The minimum atomic E-state index is -0.519. The van der Waals surface area contributed by atoms with Gasteiger partial charge in [-0.25, -0.2) is 0 Å². The lowest BCUT2D eigenvalue weighted by Crippen LogP contribution is -2.48. The van der Waals surface area contributed by atoms with Gasteiger partial charge in [0.25, 0.3) is 0 Å². The molecule has 3 atom stereocenters. The number of hydrogen-bond acceptors (Lipinski definition) is 5. The Morgan fingerprint density at radius 2 is 1.26 bits per heavy atom. The van der Waals surface area contributed by atoms with E-state index in [2.05, 4.69) is 20.5 Å². The van der Waals surface area contributed by atoms with Crippen LogP contribution >= 0.6 is 0 Å². The van der Waals surface area contributed by atoms with E-state index in [-0.39, 0.29) is 36.1 Å². The van der Waals surface area contributed by atoms with Crippen LogP contribution in [0.1, 0.15) is 55.7 Å². The van der Waals surface area contributed by atoms with E-state index in [1.165, 1.54) is 0 Å². The van der Waals surface area contributed by atoms with Gasteiger partial charge in [-0.3, -0.25) is 24.1 Å². The van der Waals surface area contributed by atoms with Crippen LogP contribution in [0.25, 0.3) is 22.2 Å². The van der Waals surface area contributed by atoms with E-state index in [1.807, 2.05) is 109 Å². The Labute approximate surface area is 315 Å². The first-order chi connectivity index (χ1) is 26.4. The Morgan fingerprint density at radius 1 is 0.648 bits per heavy atom. The predicted molar refractivity (Wildman–Crippen MR) is 211 cm³/mol. The minimum Gasteiger partial charge on any atom is -0.355 e. The Kier molecular flexibility index (Phi) is 10.3. The molecule has 0 unspecified atom stereocenters. The number of fused-ring (bicyclic) bond motifs is 1. The van der Waals surface area contributed by atoms with Gasteiger partial charge in [0.2, 0.25) is 23.6 Å². The van der Waals surface area contributed by atoms with Crippen molar-refractivity contribution in [2.45, 2.75) is 63.1 Å². The number of rotatable bonds is 10. The van der Waals surface area contributed by atoms with Gasteiger partial charge in [-0.05, 0) is 105 Å². The Hall–Kier alpha value is -5.74. The zero-order valence-electron chi connectivity index (χ0n) is 30.4. The molecular weight excluding hydrogens is 677 g/mol. The second-order valence-corrected chi connectivity index (χ2v) is 14.7. The van der Waals surface area contributed by atoms with Crippen LogP contribution in [0.2, 0.25) is 0 Å². The van der Waals surface area contributed by atoms with Gasteiger partial charge in [-0.15, -0.1) is 0 Å². The summed E-state index contributed by atoms with van der Waals surface area (Å²) in [4.78, 5) is 63.4. The molecular formula is C44H46N6O4. The predicted octanol–water partition coefficient (Wildman–Crippen LogP) is 6.77. The average molecular weight is 723 g/mol. The fourth-order valence-electron chi connectivity index (χ4n) is 8.36. The third kappa shape index (κ3) is 7.52. The number of nitrogens with zero attached hydrogens (tertiary/aromatic N) is 3. The standard InChI is InChI=1S/C44H46N6O4/c51-40(27-30-11-3-1-4-12-30)49-25-9-15-38(49)42(52)45-34-19-17-31(18-20-34)37-29-33-28-35(21-22-36(33)47-37)46-43(53)39-16-10-26-50(39)44(54)41(48-23-7-8-24-48)32-13-5-2-6-14-32/h1-6,11-14,17-22,28-29,38-39,41,47H,7-10,15-16,23-27H2,(H,45,52)(H,46,53)/t38-,39-,41+/m0/s1. The number of amides is 4. The maximum absolute atomic E-state index is 14.1. The fourth-order valence-corrected chi connectivity index (χ4v) is 8.36. The molecule has 3 N–H and O–H groups in total. The number of H-pyrrole nitrogens is 1. The molecule has 5 aromatic rings. The Bertz CT molecular complexity index is 2130. The van der Waals surface area contributed by atoms with Crippen LogP contribution < -0.4 is 10.6 Å². The van der Waals surface area contributed by atoms with E-state index in [0.29, 0.717) is 37.3 Å². The summed E-state index contributed by atoms with van der Waals surface area (Å²) < 4.78 is 0. The Balaban J connectivity index is 0.904. The highest BCUT2D eigenvalue weighted by atomic mass is 16.2. The lowest BCUT2D eigenvalue weighted by atomic mass is 10.0. The molecule has 54 heavy (non-hydrogen) atoms. The van der Waals surface area contributed by atoms with Crippen LogP contribution in [0.5, 0.6) is 0 Å². The third-order valence-corrected chi connectivity index (χ3v) is 11.1. The molecule has 3 fully saturated rings. The summed E-state index contributed by atoms with van der Waals surface area (Å²) in [5.41, 5.74) is 6.04. The summed E-state index contributed by atoms with van der Waals surface area (Å²) in [6.45, 7) is 2.92. The number of aromatic amines is 1. The van der Waals surface area contributed by atoms with Crippen molar-refractivity contribution in [1.29, 1.82) is 0 Å². The average Bonchev–Trinajstić information content (AvgIpc) is 4.03. The molecule has 8 rings (SSSR count). The highest BCUT2D eigenvalue weighted by Crippen LogP contribution is 2.32. The normalized spacial score (nSPS) is 19.3. The molecule has 10 heteroatoms. The van der Waals surface area contributed by atoms with E-state index in [0.717, 1.165) is 72.1 Å². The van der Waals surface area contributed by atoms with Crippen LogP contribution in [-0.4, -0.2) is 81.6 Å². The molecule has 276 valence electrons. The smallest absolute Gasteiger partial charge is 0.247 e. The van der Waals surface area contributed by atoms with Crippen LogP contribution in [0.3, 0.4) is 0 Å². The number of carbonyl (C=O) groups excluding carboxylic acids is 4. The lowest BCUT2D eigenvalue weighted by Gasteiger charge is -2.33. The summed E-state index contributed by atoms with van der Waals surface area (Å²) in [7, 11) is 0. The highest BCUT2D eigenvalue weighted by Gasteiger charge is 2.40. The fraction of sp³-hybridized carbons (Fsp3) is 0.318. The monoisotopic (exact) mass is 722 g/mol. The first kappa shape index (κ1) is 35.3. The highest BCUT2D eigenvalue weighted by molar-refractivity contribution is 6.01. The molecule has 3 aliphatic heterocycles. The topological polar surface area (TPSA) is 118 Å². The van der Waals surface area contributed by atoms with E-state index < -0.39 is 12.1 Å². The second kappa shape index (κ2) is 15.7. The molecule has 0 radical (unpaired) electrons. The van der Waals surface area contributed by atoms with Gasteiger partial charge in [0, 0.05) is 41.1 Å². The van der Waals surface area contributed by atoms with Crippen molar-refractivity contribution in [3.63, 3.8) is 0 Å². The third-order valence-electron chi connectivity index (χ3n) is 11.1. The van der Waals surface area contributed by atoms with E-state index in [9.17, 15) is 19.2 Å². The molecule has 4 heterocycles. The molecule has 1 aromatic heterocycles. The summed E-state index contributed by atoms with van der Waals surface area (Å²) in [5, 5.41) is 7.06. The number of benzene rings is 4. The number of likely N-dealkylation sites (tertiary alicyclic amines) is 3. The first-order valence-corrected chi connectivity index (χ1v) is 19.2. The van der Waals surface area contributed by atoms with Crippen molar-refractivity contribution < 1.29 is 19.2 Å². The molecule has 0 aliphatic carbocycles. The molecule has 0 bridgehead atoms. The van der Waals surface area contributed by atoms with E-state index in [4.69, 9.17) is 0 Å². The van der Waals surface area contributed by atoms with Crippen molar-refractivity contribution in [2.24, 2.45) is 0 Å². The molecule has 0 spiro atoms. The largest absolute Gasteiger partial charge is 0.355 e. The molecule has 0 saturated carbocycles. The van der Waals surface area contributed by atoms with Crippen LogP contribution in [-0.2, 0) is 25.6 Å². The van der Waals surface area contributed by atoms with Crippen LogP contribution in [0, 0.1) is 0 Å². The summed E-state index contributed by atoms with van der Waals surface area (Å²) in [5.74, 6) is -0.361. The van der Waals surface area contributed by atoms with Crippen LogP contribution in [0.15, 0.2) is 109 Å². The maximum atomic E-state index is 14.1. The van der Waals surface area contributed by atoms with Gasteiger partial charge < -0.3 is 25.4 Å². The first-order valence-electron chi connectivity index (χ1n) is 19.2. The zero-order chi connectivity index (χ0) is 37.0. The molecule has 4 amide bonds. The van der Waals surface area contributed by atoms with Crippen LogP contribution in [0.4, 0.5) is 11.4 Å². The second-order valence-electron chi connectivity index (χ2n) is 14.7. The summed E-state index contributed by atoms with van der Waals surface area (Å²) >= 11 is 0. The SMILES string of the molecule is O=C(Nc1ccc(-c2cc3cc(NC(=O)[C@@H]4CCCN4C(=O)[C@@H](c4ccccc4)N4CCCC4)ccc3[nH]2)cc1)[C@@H]1CCCN1C(=O)Cc1ccccc1. The van der Waals surface area contributed by atoms with Gasteiger partial charge in [0.05, 0.1) is 6.42 Å². The number of anilines is 2. The summed E-state index contributed by atoms with van der Waals surface area (Å²) in [6.07, 6.45) is 5.31. The number of aromatic nitrogens is 1. The van der Waals surface area contributed by atoms with Crippen molar-refractivity contribution in [3.05, 3.63) is 120 Å². The van der Waals surface area contributed by atoms with E-state index >= 15 is 0 Å². The van der Waals surface area contributed by atoms with Crippen molar-refractivity contribution in [3.8, 4) is 11.3 Å². The van der Waals surface area contributed by atoms with Crippen molar-refractivity contribution in [1.82, 2.24) is 19.7 Å². The van der Waals surface area contributed by atoms with Gasteiger partial charge in [0.15, 0.2) is 0 Å². The van der Waals surface area contributed by atoms with Gasteiger partial charge in [-0.1, -0.05) is 72.8 Å². The quantitative estimate of drug-likeness (QED) is 0.147. The molecule has 3 aliphatic rings. The zero-order valence-corrected chi connectivity index (χ0v) is 30.4. The van der Waals surface area contributed by atoms with Gasteiger partial charge in [0.1, 0.15) is 18.1 Å². The molecule has 4 aromatic carbocycles. The number of carbonyl (C=O) groups is 4.